The van der Waals surface area contributed by atoms with Gasteiger partial charge >= 0.3 is 0 Å². The highest BCUT2D eigenvalue weighted by atomic mass is 32.2. The molecule has 4 bridgehead atoms. The van der Waals surface area contributed by atoms with E-state index in [1.807, 2.05) is 0 Å². The summed E-state index contributed by atoms with van der Waals surface area (Å²) in [7, 11) is -3.92. The van der Waals surface area contributed by atoms with E-state index < -0.39 is 15.9 Å². The molecule has 5 fully saturated rings. The van der Waals surface area contributed by atoms with Crippen LogP contribution in [-0.2, 0) is 19.6 Å². The zero-order valence-corrected chi connectivity index (χ0v) is 20.0. The number of hydrogen-bond donors (Lipinski definition) is 2. The third-order valence-electron chi connectivity index (χ3n) is 8.15. The first kappa shape index (κ1) is 23.3. The molecule has 2 heterocycles. The summed E-state index contributed by atoms with van der Waals surface area (Å²) in [4.78, 5) is 38.1. The molecule has 0 unspecified atom stereocenters. The minimum absolute atomic E-state index is 0.0559. The summed E-state index contributed by atoms with van der Waals surface area (Å²) in [5.74, 6) is 0.980. The van der Waals surface area contributed by atoms with Crippen molar-refractivity contribution >= 4 is 27.7 Å². The van der Waals surface area contributed by atoms with Gasteiger partial charge in [-0.25, -0.2) is 8.42 Å². The molecule has 1 aromatic heterocycles. The van der Waals surface area contributed by atoms with Crippen molar-refractivity contribution in [2.24, 2.45) is 28.9 Å². The Morgan fingerprint density at radius 3 is 2.12 bits per heavy atom. The van der Waals surface area contributed by atoms with Gasteiger partial charge in [0, 0.05) is 32.6 Å². The fourth-order valence-corrected chi connectivity index (χ4v) is 8.43. The average Bonchev–Trinajstić information content (AvgIpc) is 3.28. The molecular formula is C23H32N4O6S. The van der Waals surface area contributed by atoms with Crippen molar-refractivity contribution < 1.29 is 27.2 Å². The van der Waals surface area contributed by atoms with E-state index in [0.717, 1.165) is 37.0 Å². The summed E-state index contributed by atoms with van der Waals surface area (Å²) >= 11 is 0. The number of hydrogen-bond acceptors (Lipinski definition) is 6. The summed E-state index contributed by atoms with van der Waals surface area (Å²) in [5.41, 5.74) is 5.25. The zero-order chi connectivity index (χ0) is 24.1. The average molecular weight is 493 g/mol. The number of carbonyl (C=O) groups excluding carboxylic acids is 3. The van der Waals surface area contributed by atoms with Crippen LogP contribution in [0.3, 0.4) is 0 Å². The molecule has 3 N–H and O–H groups in total. The van der Waals surface area contributed by atoms with Crippen molar-refractivity contribution in [3.8, 4) is 0 Å². The number of amides is 3. The number of furan rings is 1. The van der Waals surface area contributed by atoms with Crippen LogP contribution in [0.15, 0.2) is 21.6 Å². The number of sulfonamides is 1. The molecule has 1 aliphatic heterocycles. The number of rotatable bonds is 7. The Morgan fingerprint density at radius 1 is 1.00 bits per heavy atom. The minimum Gasteiger partial charge on any atom is -0.438 e. The van der Waals surface area contributed by atoms with E-state index in [1.54, 1.807) is 4.90 Å². The van der Waals surface area contributed by atoms with Crippen molar-refractivity contribution in [3.63, 3.8) is 0 Å². The quantitative estimate of drug-likeness (QED) is 0.580. The Morgan fingerprint density at radius 2 is 1.59 bits per heavy atom. The Kier molecular flexibility index (Phi) is 5.96. The molecule has 0 aromatic carbocycles. The topological polar surface area (TPSA) is 143 Å². The molecule has 4 aliphatic carbocycles. The van der Waals surface area contributed by atoms with Crippen LogP contribution in [0.1, 0.15) is 55.5 Å². The van der Waals surface area contributed by atoms with Crippen LogP contribution in [0.5, 0.6) is 0 Å². The summed E-state index contributed by atoms with van der Waals surface area (Å²) in [6.07, 6.45) is 7.92. The third-order valence-corrected chi connectivity index (χ3v) is 9.92. The number of nitrogens with two attached hydrogens (primary N) is 1. The minimum atomic E-state index is -3.92. The van der Waals surface area contributed by atoms with Crippen molar-refractivity contribution in [1.29, 1.82) is 0 Å². The van der Waals surface area contributed by atoms with E-state index in [-0.39, 0.29) is 60.8 Å². The van der Waals surface area contributed by atoms with Crippen molar-refractivity contribution in [1.82, 2.24) is 14.5 Å². The lowest BCUT2D eigenvalue weighted by Crippen LogP contribution is -2.53. The first-order valence-corrected chi connectivity index (χ1v) is 13.5. The van der Waals surface area contributed by atoms with Crippen molar-refractivity contribution in [2.75, 3.05) is 32.7 Å². The molecule has 0 spiro atoms. The molecule has 1 saturated heterocycles. The molecular weight excluding hydrogens is 460 g/mol. The van der Waals surface area contributed by atoms with Crippen LogP contribution in [0, 0.1) is 23.2 Å². The normalized spacial score (nSPS) is 30.9. The number of nitrogens with zero attached hydrogens (tertiary/aromatic N) is 2. The van der Waals surface area contributed by atoms with Crippen LogP contribution in [0.4, 0.5) is 0 Å². The Hall–Kier alpha value is -2.40. The number of nitrogens with one attached hydrogen (secondary N) is 1. The zero-order valence-electron chi connectivity index (χ0n) is 19.2. The molecule has 11 heteroatoms. The van der Waals surface area contributed by atoms with Gasteiger partial charge in [0.1, 0.15) is 0 Å². The van der Waals surface area contributed by atoms with Gasteiger partial charge in [0.15, 0.2) is 5.76 Å². The molecule has 0 atom stereocenters. The van der Waals surface area contributed by atoms with Crippen LogP contribution < -0.4 is 11.1 Å². The first-order chi connectivity index (χ1) is 16.1. The van der Waals surface area contributed by atoms with E-state index in [4.69, 9.17) is 10.2 Å². The Labute approximate surface area is 199 Å². The lowest BCUT2D eigenvalue weighted by atomic mass is 9.49. The van der Waals surface area contributed by atoms with Gasteiger partial charge < -0.3 is 20.4 Å². The molecule has 186 valence electrons. The maximum atomic E-state index is 12.7. The summed E-state index contributed by atoms with van der Waals surface area (Å²) in [6.45, 7) is 0.556. The molecule has 1 aromatic rings. The van der Waals surface area contributed by atoms with E-state index in [2.05, 4.69) is 5.32 Å². The first-order valence-electron chi connectivity index (χ1n) is 12.1. The second-order valence-corrected chi connectivity index (χ2v) is 12.5. The molecule has 3 amide bonds. The highest BCUT2D eigenvalue weighted by Crippen LogP contribution is 2.61. The largest absolute Gasteiger partial charge is 0.438 e. The number of carbonyl (C=O) groups is 3. The van der Waals surface area contributed by atoms with Crippen molar-refractivity contribution in [2.45, 2.75) is 50.0 Å². The van der Waals surface area contributed by atoms with Gasteiger partial charge in [-0.3, -0.25) is 14.4 Å². The SMILES string of the molecule is NC(=O)c1ccc(S(=O)(=O)N2CCN(C(=O)CNC(=O)CC34CC5CC(CC(C5)C3)C4)CC2)o1. The maximum Gasteiger partial charge on any atom is 0.284 e. The highest BCUT2D eigenvalue weighted by Gasteiger charge is 2.51. The lowest BCUT2D eigenvalue weighted by Gasteiger charge is -2.56. The van der Waals surface area contributed by atoms with Crippen molar-refractivity contribution in [3.05, 3.63) is 17.9 Å². The summed E-state index contributed by atoms with van der Waals surface area (Å²) in [5, 5.41) is 2.47. The molecule has 5 aliphatic rings. The van der Waals surface area contributed by atoms with Gasteiger partial charge in [-0.15, -0.1) is 0 Å². The monoisotopic (exact) mass is 492 g/mol. The molecule has 0 radical (unpaired) electrons. The van der Waals surface area contributed by atoms with Gasteiger partial charge in [-0.05, 0) is 73.8 Å². The highest BCUT2D eigenvalue weighted by molar-refractivity contribution is 7.89. The molecule has 4 saturated carbocycles. The maximum absolute atomic E-state index is 12.7. The van der Waals surface area contributed by atoms with Crippen LogP contribution in [0.2, 0.25) is 0 Å². The van der Waals surface area contributed by atoms with E-state index in [1.165, 1.54) is 35.7 Å². The van der Waals surface area contributed by atoms with Crippen LogP contribution >= 0.6 is 0 Å². The third kappa shape index (κ3) is 4.47. The number of piperazine rings is 1. The van der Waals surface area contributed by atoms with Gasteiger partial charge in [0.05, 0.1) is 6.54 Å². The fourth-order valence-electron chi connectivity index (χ4n) is 7.09. The summed E-state index contributed by atoms with van der Waals surface area (Å²) in [6, 6.07) is 2.42. The van der Waals surface area contributed by atoms with Gasteiger partial charge in [-0.1, -0.05) is 0 Å². The second kappa shape index (κ2) is 8.67. The predicted molar refractivity (Wildman–Crippen MR) is 121 cm³/mol. The molecule has 34 heavy (non-hydrogen) atoms. The number of primary amides is 1. The lowest BCUT2D eigenvalue weighted by molar-refractivity contribution is -0.136. The van der Waals surface area contributed by atoms with Gasteiger partial charge in [0.2, 0.25) is 16.9 Å². The Bertz CT molecular complexity index is 1050. The summed E-state index contributed by atoms with van der Waals surface area (Å²) < 4.78 is 31.8. The van der Waals surface area contributed by atoms with Crippen LogP contribution in [-0.4, -0.2) is 68.1 Å². The van der Waals surface area contributed by atoms with Crippen LogP contribution in [0.25, 0.3) is 0 Å². The fraction of sp³-hybridized carbons (Fsp3) is 0.696. The van der Waals surface area contributed by atoms with E-state index in [9.17, 15) is 22.8 Å². The van der Waals surface area contributed by atoms with Gasteiger partial charge in [0.25, 0.3) is 15.9 Å². The van der Waals surface area contributed by atoms with Gasteiger partial charge in [-0.2, -0.15) is 4.31 Å². The van der Waals surface area contributed by atoms with E-state index in [0.29, 0.717) is 6.42 Å². The Balaban J connectivity index is 1.09. The predicted octanol–water partition coefficient (Wildman–Crippen LogP) is 0.934. The standard InChI is InChI=1S/C23H32N4O6S/c24-22(30)18-1-2-21(33-18)34(31,32)27-5-3-26(4-6-27)20(29)14-25-19(28)13-23-10-15-7-16(11-23)9-17(8-15)12-23/h1-2,15-17H,3-14H2,(H2,24,30)(H,25,28). The molecule has 6 rings (SSSR count). The van der Waals surface area contributed by atoms with E-state index >= 15 is 0 Å². The smallest absolute Gasteiger partial charge is 0.284 e. The molecule has 10 nitrogen and oxygen atoms in total. The second-order valence-electron chi connectivity index (χ2n) is 10.6.